The first kappa shape index (κ1) is 18.8. The van der Waals surface area contributed by atoms with Crippen LogP contribution in [0.1, 0.15) is 50.0 Å². The summed E-state index contributed by atoms with van der Waals surface area (Å²) in [4.78, 5) is 8.39. The highest BCUT2D eigenvalue weighted by Gasteiger charge is 2.14. The molecule has 0 saturated carbocycles. The van der Waals surface area contributed by atoms with Crippen LogP contribution in [-0.2, 0) is 6.42 Å². The van der Waals surface area contributed by atoms with Crippen molar-refractivity contribution >= 4 is 5.96 Å². The first-order chi connectivity index (χ1) is 11.9. The molecule has 1 heterocycles. The Bertz CT molecular complexity index is 730. The minimum atomic E-state index is -0.601. The molecule has 0 bridgehead atoms. The van der Waals surface area contributed by atoms with Crippen molar-refractivity contribution in [2.24, 2.45) is 4.99 Å². The zero-order valence-corrected chi connectivity index (χ0v) is 14.8. The van der Waals surface area contributed by atoms with Crippen molar-refractivity contribution < 1.29 is 13.3 Å². The van der Waals surface area contributed by atoms with Gasteiger partial charge < -0.3 is 15.2 Å². The number of hydrogen-bond acceptors (Lipinski definition) is 4. The first-order valence-electron chi connectivity index (χ1n) is 8.15. The SMILES string of the molecule is CN=C(NCCc1nc(C(C)C)no1)NC(C)c1ccc(F)cc1F. The zero-order chi connectivity index (χ0) is 18.4. The van der Waals surface area contributed by atoms with Crippen LogP contribution in [0.2, 0.25) is 0 Å². The zero-order valence-electron chi connectivity index (χ0n) is 14.8. The van der Waals surface area contributed by atoms with E-state index in [-0.39, 0.29) is 12.0 Å². The van der Waals surface area contributed by atoms with Crippen LogP contribution in [0.15, 0.2) is 27.7 Å². The maximum Gasteiger partial charge on any atom is 0.228 e. The van der Waals surface area contributed by atoms with Crippen molar-refractivity contribution in [3.05, 3.63) is 47.1 Å². The number of nitrogens with zero attached hydrogens (tertiary/aromatic N) is 3. The molecule has 2 aromatic rings. The fourth-order valence-electron chi connectivity index (χ4n) is 2.22. The molecule has 2 rings (SSSR count). The Kier molecular flexibility index (Phi) is 6.44. The van der Waals surface area contributed by atoms with Crippen molar-refractivity contribution in [2.75, 3.05) is 13.6 Å². The fourth-order valence-corrected chi connectivity index (χ4v) is 2.22. The topological polar surface area (TPSA) is 75.3 Å². The number of aromatic nitrogens is 2. The number of guanidine groups is 1. The fraction of sp³-hybridized carbons (Fsp3) is 0.471. The van der Waals surface area contributed by atoms with Crippen LogP contribution >= 0.6 is 0 Å². The first-order valence-corrected chi connectivity index (χ1v) is 8.15. The Balaban J connectivity index is 1.87. The minimum Gasteiger partial charge on any atom is -0.356 e. The Labute approximate surface area is 145 Å². The molecular weight excluding hydrogens is 328 g/mol. The molecule has 1 atom stereocenters. The number of aliphatic imine (C=N–C) groups is 1. The highest BCUT2D eigenvalue weighted by Crippen LogP contribution is 2.17. The van der Waals surface area contributed by atoms with Crippen molar-refractivity contribution in [1.82, 2.24) is 20.8 Å². The van der Waals surface area contributed by atoms with Gasteiger partial charge in [0.1, 0.15) is 11.6 Å². The second-order valence-electron chi connectivity index (χ2n) is 5.98. The minimum absolute atomic E-state index is 0.214. The highest BCUT2D eigenvalue weighted by atomic mass is 19.1. The van der Waals surface area contributed by atoms with E-state index in [2.05, 4.69) is 25.8 Å². The summed E-state index contributed by atoms with van der Waals surface area (Å²) in [7, 11) is 1.62. The van der Waals surface area contributed by atoms with Crippen LogP contribution in [0.4, 0.5) is 8.78 Å². The average molecular weight is 351 g/mol. The predicted octanol–water partition coefficient (Wildman–Crippen LogP) is 2.94. The second-order valence-corrected chi connectivity index (χ2v) is 5.98. The van der Waals surface area contributed by atoms with E-state index in [0.717, 1.165) is 6.07 Å². The van der Waals surface area contributed by atoms with E-state index in [0.29, 0.717) is 36.2 Å². The standard InChI is InChI=1S/C17H23F2N5O/c1-10(2)16-23-15(25-24-16)7-8-21-17(20-4)22-11(3)13-6-5-12(18)9-14(13)19/h5-6,9-11H,7-8H2,1-4H3,(H2,20,21,22). The molecule has 0 aliphatic rings. The molecule has 0 radical (unpaired) electrons. The van der Waals surface area contributed by atoms with Gasteiger partial charge in [0.2, 0.25) is 5.89 Å². The van der Waals surface area contributed by atoms with Gasteiger partial charge in [-0.3, -0.25) is 4.99 Å². The van der Waals surface area contributed by atoms with E-state index < -0.39 is 11.6 Å². The smallest absolute Gasteiger partial charge is 0.228 e. The van der Waals surface area contributed by atoms with Crippen LogP contribution in [-0.4, -0.2) is 29.7 Å². The number of rotatable bonds is 6. The molecule has 1 unspecified atom stereocenters. The van der Waals surface area contributed by atoms with Crippen LogP contribution in [0.25, 0.3) is 0 Å². The normalized spacial score (nSPS) is 13.2. The lowest BCUT2D eigenvalue weighted by molar-refractivity contribution is 0.371. The van der Waals surface area contributed by atoms with Gasteiger partial charge in [-0.15, -0.1) is 0 Å². The van der Waals surface area contributed by atoms with Gasteiger partial charge >= 0.3 is 0 Å². The van der Waals surface area contributed by atoms with Gasteiger partial charge in [-0.05, 0) is 13.0 Å². The van der Waals surface area contributed by atoms with Gasteiger partial charge in [-0.1, -0.05) is 25.1 Å². The largest absolute Gasteiger partial charge is 0.356 e. The van der Waals surface area contributed by atoms with Gasteiger partial charge in [0.25, 0.3) is 0 Å². The summed E-state index contributed by atoms with van der Waals surface area (Å²) in [6, 6.07) is 3.14. The van der Waals surface area contributed by atoms with E-state index >= 15 is 0 Å². The number of halogens is 2. The van der Waals surface area contributed by atoms with E-state index in [1.54, 1.807) is 14.0 Å². The Hall–Kier alpha value is -2.51. The Morgan fingerprint density at radius 3 is 2.64 bits per heavy atom. The quantitative estimate of drug-likeness (QED) is 0.618. The molecule has 6 nitrogen and oxygen atoms in total. The summed E-state index contributed by atoms with van der Waals surface area (Å²) >= 11 is 0. The van der Waals surface area contributed by atoms with Gasteiger partial charge in [0.15, 0.2) is 11.8 Å². The van der Waals surface area contributed by atoms with E-state index in [9.17, 15) is 8.78 Å². The molecule has 0 spiro atoms. The summed E-state index contributed by atoms with van der Waals surface area (Å²) in [6.07, 6.45) is 0.541. The number of nitrogens with one attached hydrogen (secondary N) is 2. The van der Waals surface area contributed by atoms with Crippen LogP contribution < -0.4 is 10.6 Å². The third-order valence-electron chi connectivity index (χ3n) is 3.64. The molecule has 0 saturated heterocycles. The molecule has 0 fully saturated rings. The predicted molar refractivity (Wildman–Crippen MR) is 91.4 cm³/mol. The van der Waals surface area contributed by atoms with Gasteiger partial charge in [-0.25, -0.2) is 8.78 Å². The van der Waals surface area contributed by atoms with Gasteiger partial charge in [-0.2, -0.15) is 4.98 Å². The van der Waals surface area contributed by atoms with Crippen molar-refractivity contribution in [1.29, 1.82) is 0 Å². The molecule has 8 heteroatoms. The third-order valence-corrected chi connectivity index (χ3v) is 3.64. The van der Waals surface area contributed by atoms with Gasteiger partial charge in [0, 0.05) is 37.6 Å². The molecule has 1 aromatic heterocycles. The molecule has 2 N–H and O–H groups in total. The highest BCUT2D eigenvalue weighted by molar-refractivity contribution is 5.80. The van der Waals surface area contributed by atoms with Crippen molar-refractivity contribution in [3.8, 4) is 0 Å². The Morgan fingerprint density at radius 2 is 2.04 bits per heavy atom. The van der Waals surface area contributed by atoms with Crippen molar-refractivity contribution in [2.45, 2.75) is 39.2 Å². The molecule has 25 heavy (non-hydrogen) atoms. The van der Waals surface area contributed by atoms with Gasteiger partial charge in [0.05, 0.1) is 6.04 Å². The summed E-state index contributed by atoms with van der Waals surface area (Å²) in [5, 5.41) is 10.1. The van der Waals surface area contributed by atoms with Crippen LogP contribution in [0.5, 0.6) is 0 Å². The summed E-state index contributed by atoms with van der Waals surface area (Å²) in [5.74, 6) is 0.743. The van der Waals surface area contributed by atoms with Crippen LogP contribution in [0.3, 0.4) is 0 Å². The molecule has 0 aliphatic carbocycles. The molecular formula is C17H23F2N5O. The van der Waals surface area contributed by atoms with E-state index in [1.165, 1.54) is 12.1 Å². The Morgan fingerprint density at radius 1 is 1.28 bits per heavy atom. The average Bonchev–Trinajstić information content (AvgIpc) is 3.02. The third kappa shape index (κ3) is 5.23. The van der Waals surface area contributed by atoms with Crippen molar-refractivity contribution in [3.63, 3.8) is 0 Å². The lowest BCUT2D eigenvalue weighted by Gasteiger charge is -2.18. The molecule has 136 valence electrons. The van der Waals surface area contributed by atoms with E-state index in [4.69, 9.17) is 4.52 Å². The number of hydrogen-bond donors (Lipinski definition) is 2. The summed E-state index contributed by atoms with van der Waals surface area (Å²) in [6.45, 7) is 6.29. The maximum atomic E-state index is 13.8. The van der Waals surface area contributed by atoms with E-state index in [1.807, 2.05) is 13.8 Å². The molecule has 1 aromatic carbocycles. The molecule has 0 amide bonds. The van der Waals surface area contributed by atoms with Crippen LogP contribution in [0, 0.1) is 11.6 Å². The second kappa shape index (κ2) is 8.55. The monoisotopic (exact) mass is 351 g/mol. The lowest BCUT2D eigenvalue weighted by Crippen LogP contribution is -2.39. The molecule has 0 aliphatic heterocycles. The number of benzene rings is 1. The maximum absolute atomic E-state index is 13.8. The lowest BCUT2D eigenvalue weighted by atomic mass is 10.1. The summed E-state index contributed by atoms with van der Waals surface area (Å²) < 4.78 is 32.0. The summed E-state index contributed by atoms with van der Waals surface area (Å²) in [5.41, 5.74) is 0.364.